The van der Waals surface area contributed by atoms with Gasteiger partial charge in [-0.15, -0.1) is 0 Å². The summed E-state index contributed by atoms with van der Waals surface area (Å²) in [5.41, 5.74) is 3.55. The zero-order valence-electron chi connectivity index (χ0n) is 12.1. The van der Waals surface area contributed by atoms with Crippen molar-refractivity contribution in [3.63, 3.8) is 0 Å². The fourth-order valence-corrected chi connectivity index (χ4v) is 4.21. The van der Waals surface area contributed by atoms with Crippen LogP contribution in [0.3, 0.4) is 0 Å². The molecular weight excluding hydrogens is 262 g/mol. The van der Waals surface area contributed by atoms with Crippen LogP contribution in [0.25, 0.3) is 10.9 Å². The lowest BCUT2D eigenvalue weighted by atomic mass is 9.68. The van der Waals surface area contributed by atoms with Gasteiger partial charge >= 0.3 is 5.97 Å². The summed E-state index contributed by atoms with van der Waals surface area (Å²) in [6, 6.07) is 8.14. The summed E-state index contributed by atoms with van der Waals surface area (Å²) in [5, 5.41) is 11.0. The third-order valence-electron chi connectivity index (χ3n) is 5.25. The van der Waals surface area contributed by atoms with Crippen LogP contribution in [0.4, 0.5) is 0 Å². The van der Waals surface area contributed by atoms with Gasteiger partial charge in [0.1, 0.15) is 0 Å². The Morgan fingerprint density at radius 1 is 1.33 bits per heavy atom. The third kappa shape index (κ3) is 1.84. The van der Waals surface area contributed by atoms with Crippen LogP contribution < -0.4 is 0 Å². The van der Waals surface area contributed by atoms with Crippen molar-refractivity contribution in [3.8, 4) is 0 Å². The maximum Gasteiger partial charge on any atom is 0.308 e. The number of hydrogen-bond donors (Lipinski definition) is 2. The quantitative estimate of drug-likeness (QED) is 0.815. The Labute approximate surface area is 123 Å². The molecular formula is C18H19NO2. The molecule has 1 aromatic heterocycles. The number of aromatic nitrogens is 1. The van der Waals surface area contributed by atoms with Crippen molar-refractivity contribution < 1.29 is 9.90 Å². The number of hydrogen-bond acceptors (Lipinski definition) is 1. The molecule has 0 bridgehead atoms. The number of rotatable bonds is 2. The van der Waals surface area contributed by atoms with Gasteiger partial charge in [0.15, 0.2) is 0 Å². The molecule has 0 amide bonds. The van der Waals surface area contributed by atoms with Crippen LogP contribution >= 0.6 is 0 Å². The number of aliphatic carboxylic acids is 1. The summed E-state index contributed by atoms with van der Waals surface area (Å²) < 4.78 is 0. The molecule has 1 saturated carbocycles. The molecule has 2 aliphatic rings. The van der Waals surface area contributed by atoms with Gasteiger partial charge in [-0.05, 0) is 43.2 Å². The molecule has 1 fully saturated rings. The molecule has 2 atom stereocenters. The number of carbonyl (C=O) groups is 1. The van der Waals surface area contributed by atoms with Crippen LogP contribution in [0.1, 0.15) is 37.7 Å². The molecule has 2 N–H and O–H groups in total. The van der Waals surface area contributed by atoms with Gasteiger partial charge in [0, 0.05) is 23.0 Å². The number of benzene rings is 1. The Hall–Kier alpha value is -2.03. The second kappa shape index (κ2) is 4.23. The topological polar surface area (TPSA) is 53.1 Å². The lowest BCUT2D eigenvalue weighted by molar-refractivity contribution is -0.145. The van der Waals surface area contributed by atoms with Crippen molar-refractivity contribution in [1.29, 1.82) is 0 Å². The molecule has 0 saturated heterocycles. The highest BCUT2D eigenvalue weighted by Crippen LogP contribution is 2.63. The van der Waals surface area contributed by atoms with E-state index in [2.05, 4.69) is 24.1 Å². The van der Waals surface area contributed by atoms with Crippen molar-refractivity contribution in [1.82, 2.24) is 4.98 Å². The molecule has 3 nitrogen and oxygen atoms in total. The lowest BCUT2D eigenvalue weighted by Crippen LogP contribution is -2.33. The van der Waals surface area contributed by atoms with Crippen molar-refractivity contribution >= 4 is 16.9 Å². The first-order valence-corrected chi connectivity index (χ1v) is 7.57. The monoisotopic (exact) mass is 281 g/mol. The number of nitrogens with one attached hydrogen (secondary N) is 1. The molecule has 0 aliphatic heterocycles. The number of allylic oxidation sites excluding steroid dienone is 2. The Bertz CT molecular complexity index is 751. The number of fused-ring (bicyclic) bond motifs is 1. The first-order valence-electron chi connectivity index (χ1n) is 7.57. The second-order valence-corrected chi connectivity index (χ2v) is 6.68. The van der Waals surface area contributed by atoms with Crippen LogP contribution in [0.5, 0.6) is 0 Å². The van der Waals surface area contributed by atoms with Gasteiger partial charge in [-0.1, -0.05) is 29.8 Å². The first-order chi connectivity index (χ1) is 10.1. The molecule has 4 rings (SSSR count). The molecule has 3 heteroatoms. The van der Waals surface area contributed by atoms with Crippen molar-refractivity contribution in [2.75, 3.05) is 0 Å². The Morgan fingerprint density at radius 2 is 2.10 bits per heavy atom. The molecule has 0 unspecified atom stereocenters. The maximum atomic E-state index is 11.9. The van der Waals surface area contributed by atoms with Gasteiger partial charge in [0.2, 0.25) is 0 Å². The average molecular weight is 281 g/mol. The first kappa shape index (κ1) is 12.7. The summed E-state index contributed by atoms with van der Waals surface area (Å²) in [6.45, 7) is 2.14. The van der Waals surface area contributed by atoms with Gasteiger partial charge in [0.25, 0.3) is 0 Å². The lowest BCUT2D eigenvalue weighted by Gasteiger charge is -2.34. The molecule has 1 spiro atoms. The van der Waals surface area contributed by atoms with Crippen LogP contribution in [0, 0.1) is 11.3 Å². The van der Waals surface area contributed by atoms with Gasteiger partial charge < -0.3 is 10.1 Å². The van der Waals surface area contributed by atoms with E-state index in [1.54, 1.807) is 0 Å². The maximum absolute atomic E-state index is 11.9. The van der Waals surface area contributed by atoms with E-state index in [4.69, 9.17) is 0 Å². The van der Waals surface area contributed by atoms with E-state index in [1.165, 1.54) is 5.57 Å². The van der Waals surface area contributed by atoms with Crippen LogP contribution in [-0.4, -0.2) is 16.1 Å². The zero-order chi connectivity index (χ0) is 14.6. The number of carboxylic acid groups (broad SMARTS) is 1. The minimum Gasteiger partial charge on any atom is -0.481 e. The van der Waals surface area contributed by atoms with Crippen LogP contribution in [0.2, 0.25) is 0 Å². The van der Waals surface area contributed by atoms with Crippen LogP contribution in [0.15, 0.2) is 42.1 Å². The molecule has 1 heterocycles. The molecule has 1 aromatic carbocycles. The number of aromatic amines is 1. The number of H-pyrrole nitrogens is 1. The third-order valence-corrected chi connectivity index (χ3v) is 5.25. The van der Waals surface area contributed by atoms with E-state index in [-0.39, 0.29) is 17.3 Å². The van der Waals surface area contributed by atoms with Crippen molar-refractivity contribution in [2.45, 2.75) is 32.1 Å². The standard InChI is InChI=1S/C18H19NO2/c1-11-8-13(16(17(20)21)18(9-11)6-7-18)14-10-19-15-5-3-2-4-12(14)15/h2-5,8,10,13,16,19H,6-7,9H2,1H3,(H,20,21)/t13-,16-/m0/s1. The Morgan fingerprint density at radius 3 is 2.81 bits per heavy atom. The molecule has 108 valence electrons. The molecule has 21 heavy (non-hydrogen) atoms. The average Bonchev–Trinajstić information content (AvgIpc) is 3.05. The summed E-state index contributed by atoms with van der Waals surface area (Å²) in [6.07, 6.45) is 7.22. The minimum atomic E-state index is -0.647. The van der Waals surface area contributed by atoms with Crippen molar-refractivity contribution in [2.24, 2.45) is 11.3 Å². The summed E-state index contributed by atoms with van der Waals surface area (Å²) in [4.78, 5) is 15.2. The fourth-order valence-electron chi connectivity index (χ4n) is 4.21. The zero-order valence-corrected chi connectivity index (χ0v) is 12.1. The summed E-state index contributed by atoms with van der Waals surface area (Å²) >= 11 is 0. The predicted octanol–water partition coefficient (Wildman–Crippen LogP) is 4.08. The van der Waals surface area contributed by atoms with E-state index in [0.717, 1.165) is 35.7 Å². The fraction of sp³-hybridized carbons (Fsp3) is 0.389. The smallest absolute Gasteiger partial charge is 0.308 e. The van der Waals surface area contributed by atoms with E-state index in [1.807, 2.05) is 24.4 Å². The minimum absolute atomic E-state index is 0.00765. The highest BCUT2D eigenvalue weighted by molar-refractivity contribution is 5.85. The number of carboxylic acids is 1. The summed E-state index contributed by atoms with van der Waals surface area (Å²) in [7, 11) is 0. The Balaban J connectivity index is 1.88. The Kier molecular flexibility index (Phi) is 2.56. The molecule has 2 aromatic rings. The SMILES string of the molecule is CC1=C[C@@H](c2c[nH]c3ccccc23)[C@@H](C(=O)O)C2(CC2)C1. The van der Waals surface area contributed by atoms with Gasteiger partial charge in [-0.25, -0.2) is 0 Å². The highest BCUT2D eigenvalue weighted by Gasteiger charge is 2.56. The normalized spacial score (nSPS) is 26.8. The van der Waals surface area contributed by atoms with E-state index in [0.29, 0.717) is 0 Å². The second-order valence-electron chi connectivity index (χ2n) is 6.68. The molecule has 2 aliphatic carbocycles. The van der Waals surface area contributed by atoms with E-state index >= 15 is 0 Å². The van der Waals surface area contributed by atoms with Gasteiger partial charge in [-0.2, -0.15) is 0 Å². The highest BCUT2D eigenvalue weighted by atomic mass is 16.4. The van der Waals surface area contributed by atoms with Gasteiger partial charge in [-0.3, -0.25) is 4.79 Å². The van der Waals surface area contributed by atoms with E-state index in [9.17, 15) is 9.90 Å². The van der Waals surface area contributed by atoms with E-state index < -0.39 is 5.97 Å². The predicted molar refractivity (Wildman–Crippen MR) is 82.2 cm³/mol. The van der Waals surface area contributed by atoms with Crippen LogP contribution in [-0.2, 0) is 4.79 Å². The van der Waals surface area contributed by atoms with Crippen molar-refractivity contribution in [3.05, 3.63) is 47.7 Å². The largest absolute Gasteiger partial charge is 0.481 e. The molecule has 0 radical (unpaired) electrons. The summed E-state index contributed by atoms with van der Waals surface area (Å²) in [5.74, 6) is -0.957. The van der Waals surface area contributed by atoms with Gasteiger partial charge in [0.05, 0.1) is 5.92 Å². The number of para-hydroxylation sites is 1.